The largest absolute Gasteiger partial charge is 0.392 e. The Kier molecular flexibility index (Phi) is 7.01. The van der Waals surface area contributed by atoms with Crippen LogP contribution in [0.3, 0.4) is 0 Å². The molecule has 0 aromatic heterocycles. The van der Waals surface area contributed by atoms with Crippen LogP contribution in [0.1, 0.15) is 40.1 Å². The highest BCUT2D eigenvalue weighted by Gasteiger charge is 2.24. The van der Waals surface area contributed by atoms with Gasteiger partial charge in [-0.05, 0) is 32.4 Å². The van der Waals surface area contributed by atoms with Crippen LogP contribution in [-0.2, 0) is 9.53 Å². The van der Waals surface area contributed by atoms with Crippen LogP contribution in [0.5, 0.6) is 0 Å². The standard InChI is InChI=1S/C10H12O2.C9H8O3/c1-10(2,12)9(11)8-6-4-3-5-7-8;1-7-4-2-3-5-8(7)9(11)12-6-10/h3-7,12H,1-2H3;2-6H,1H3. The number of ketones is 1. The van der Waals surface area contributed by atoms with Gasteiger partial charge in [0.05, 0.1) is 5.56 Å². The number of esters is 1. The van der Waals surface area contributed by atoms with Crippen molar-refractivity contribution in [1.29, 1.82) is 0 Å². The van der Waals surface area contributed by atoms with Gasteiger partial charge in [-0.1, -0.05) is 48.5 Å². The van der Waals surface area contributed by atoms with E-state index < -0.39 is 11.6 Å². The molecule has 0 saturated heterocycles. The summed E-state index contributed by atoms with van der Waals surface area (Å²) in [7, 11) is 0. The first-order valence-corrected chi connectivity index (χ1v) is 7.30. The summed E-state index contributed by atoms with van der Waals surface area (Å²) < 4.78 is 4.19. The van der Waals surface area contributed by atoms with E-state index in [9.17, 15) is 19.5 Å². The minimum Gasteiger partial charge on any atom is -0.392 e. The van der Waals surface area contributed by atoms with Crippen molar-refractivity contribution >= 4 is 18.2 Å². The molecule has 126 valence electrons. The van der Waals surface area contributed by atoms with E-state index in [0.717, 1.165) is 5.56 Å². The Balaban J connectivity index is 0.000000240. The highest BCUT2D eigenvalue weighted by Crippen LogP contribution is 2.11. The van der Waals surface area contributed by atoms with E-state index in [1.807, 2.05) is 12.1 Å². The molecule has 0 spiro atoms. The van der Waals surface area contributed by atoms with Crippen LogP contribution in [0.15, 0.2) is 54.6 Å². The number of ether oxygens (including phenoxy) is 1. The Bertz CT molecular complexity index is 699. The molecule has 5 heteroatoms. The van der Waals surface area contributed by atoms with Crippen molar-refractivity contribution in [3.8, 4) is 0 Å². The lowest BCUT2D eigenvalue weighted by Gasteiger charge is -2.14. The summed E-state index contributed by atoms with van der Waals surface area (Å²) in [6, 6.07) is 15.7. The van der Waals surface area contributed by atoms with Gasteiger partial charge < -0.3 is 9.84 Å². The predicted molar refractivity (Wildman–Crippen MR) is 89.7 cm³/mol. The van der Waals surface area contributed by atoms with E-state index in [1.165, 1.54) is 13.8 Å². The third kappa shape index (κ3) is 5.78. The first-order valence-electron chi connectivity index (χ1n) is 7.30. The van der Waals surface area contributed by atoms with Crippen LogP contribution in [0.2, 0.25) is 0 Å². The van der Waals surface area contributed by atoms with E-state index in [1.54, 1.807) is 49.4 Å². The second-order valence-corrected chi connectivity index (χ2v) is 5.57. The van der Waals surface area contributed by atoms with Gasteiger partial charge in [0, 0.05) is 5.56 Å². The maximum absolute atomic E-state index is 11.4. The van der Waals surface area contributed by atoms with Crippen molar-refractivity contribution in [3.05, 3.63) is 71.3 Å². The summed E-state index contributed by atoms with van der Waals surface area (Å²) in [5, 5.41) is 9.39. The molecular formula is C19H20O5. The van der Waals surface area contributed by atoms with E-state index in [4.69, 9.17) is 0 Å². The molecule has 2 aromatic rings. The fourth-order valence-corrected chi connectivity index (χ4v) is 1.85. The molecule has 0 saturated carbocycles. The van der Waals surface area contributed by atoms with Gasteiger partial charge in [-0.25, -0.2) is 4.79 Å². The van der Waals surface area contributed by atoms with E-state index >= 15 is 0 Å². The Morgan fingerprint density at radius 1 is 1.00 bits per heavy atom. The molecule has 5 nitrogen and oxygen atoms in total. The quantitative estimate of drug-likeness (QED) is 0.404. The maximum atomic E-state index is 11.4. The molecular weight excluding hydrogens is 308 g/mol. The van der Waals surface area contributed by atoms with Crippen LogP contribution in [0, 0.1) is 6.92 Å². The van der Waals surface area contributed by atoms with Crippen molar-refractivity contribution in [1.82, 2.24) is 0 Å². The molecule has 0 fully saturated rings. The third-order valence-corrected chi connectivity index (χ3v) is 3.11. The number of Topliss-reactive ketones (excluding diaryl/α,β-unsaturated/α-hetero) is 1. The van der Waals surface area contributed by atoms with Gasteiger partial charge in [-0.3, -0.25) is 9.59 Å². The molecule has 2 aromatic carbocycles. The minimum absolute atomic E-state index is 0.134. The monoisotopic (exact) mass is 328 g/mol. The van der Waals surface area contributed by atoms with Crippen LogP contribution in [-0.4, -0.2) is 28.9 Å². The summed E-state index contributed by atoms with van der Waals surface area (Å²) >= 11 is 0. The molecule has 0 amide bonds. The van der Waals surface area contributed by atoms with Crippen LogP contribution < -0.4 is 0 Å². The van der Waals surface area contributed by atoms with E-state index in [0.29, 0.717) is 11.1 Å². The number of rotatable bonds is 4. The Morgan fingerprint density at radius 2 is 1.54 bits per heavy atom. The van der Waals surface area contributed by atoms with Gasteiger partial charge in [-0.15, -0.1) is 0 Å². The molecule has 2 rings (SSSR count). The SMILES string of the molecule is CC(C)(O)C(=O)c1ccccc1.Cc1ccccc1C(=O)OC=O. The highest BCUT2D eigenvalue weighted by atomic mass is 16.6. The lowest BCUT2D eigenvalue weighted by molar-refractivity contribution is -0.123. The first kappa shape index (κ1) is 19.3. The zero-order valence-corrected chi connectivity index (χ0v) is 13.9. The molecule has 0 atom stereocenters. The van der Waals surface area contributed by atoms with Gasteiger partial charge in [0.1, 0.15) is 5.60 Å². The summed E-state index contributed by atoms with van der Waals surface area (Å²) in [5.41, 5.74) is 0.486. The molecule has 24 heavy (non-hydrogen) atoms. The lowest BCUT2D eigenvalue weighted by Crippen LogP contribution is -2.30. The second kappa shape index (κ2) is 8.74. The maximum Gasteiger partial charge on any atom is 0.345 e. The second-order valence-electron chi connectivity index (χ2n) is 5.57. The first-order chi connectivity index (χ1) is 11.3. The van der Waals surface area contributed by atoms with Gasteiger partial charge >= 0.3 is 12.4 Å². The smallest absolute Gasteiger partial charge is 0.345 e. The number of hydrogen-bond donors (Lipinski definition) is 1. The molecule has 1 N–H and O–H groups in total. The fourth-order valence-electron chi connectivity index (χ4n) is 1.85. The average molecular weight is 328 g/mol. The Morgan fingerprint density at radius 3 is 2.04 bits per heavy atom. The van der Waals surface area contributed by atoms with Crippen molar-refractivity contribution in [3.63, 3.8) is 0 Å². The normalized spacial score (nSPS) is 10.2. The summed E-state index contributed by atoms with van der Waals surface area (Å²) in [6.07, 6.45) is 0. The Labute approximate surface area is 140 Å². The molecule has 0 aliphatic rings. The lowest BCUT2D eigenvalue weighted by atomic mass is 9.97. The van der Waals surface area contributed by atoms with Crippen LogP contribution >= 0.6 is 0 Å². The number of carbonyl (C=O) groups is 3. The number of aryl methyl sites for hydroxylation is 1. The van der Waals surface area contributed by atoms with E-state index in [-0.39, 0.29) is 12.3 Å². The van der Waals surface area contributed by atoms with Crippen LogP contribution in [0.4, 0.5) is 0 Å². The topological polar surface area (TPSA) is 80.7 Å². The molecule has 0 aliphatic heterocycles. The molecule has 0 bridgehead atoms. The van der Waals surface area contributed by atoms with Crippen molar-refractivity contribution in [2.75, 3.05) is 0 Å². The molecule has 0 aliphatic carbocycles. The van der Waals surface area contributed by atoms with Gasteiger partial charge in [-0.2, -0.15) is 0 Å². The Hall–Kier alpha value is -2.79. The fraction of sp³-hybridized carbons (Fsp3) is 0.211. The zero-order valence-electron chi connectivity index (χ0n) is 13.9. The molecule has 0 radical (unpaired) electrons. The minimum atomic E-state index is -1.28. The van der Waals surface area contributed by atoms with E-state index in [2.05, 4.69) is 4.74 Å². The molecule has 0 heterocycles. The number of aliphatic hydroxyl groups is 1. The van der Waals surface area contributed by atoms with Gasteiger partial charge in [0.2, 0.25) is 0 Å². The zero-order chi connectivity index (χ0) is 18.2. The number of hydrogen-bond acceptors (Lipinski definition) is 5. The molecule has 0 unspecified atom stereocenters. The highest BCUT2D eigenvalue weighted by molar-refractivity contribution is 6.01. The van der Waals surface area contributed by atoms with Crippen LogP contribution in [0.25, 0.3) is 0 Å². The predicted octanol–water partition coefficient (Wildman–Crippen LogP) is 2.95. The van der Waals surface area contributed by atoms with Gasteiger partial charge in [0.15, 0.2) is 5.78 Å². The summed E-state index contributed by atoms with van der Waals surface area (Å²) in [5.74, 6) is -0.855. The van der Waals surface area contributed by atoms with Crippen molar-refractivity contribution in [2.24, 2.45) is 0 Å². The number of benzene rings is 2. The summed E-state index contributed by atoms with van der Waals surface area (Å²) in [4.78, 5) is 32.3. The average Bonchev–Trinajstić information content (AvgIpc) is 2.55. The number of carbonyl (C=O) groups excluding carboxylic acids is 3. The summed E-state index contributed by atoms with van der Waals surface area (Å²) in [6.45, 7) is 4.89. The van der Waals surface area contributed by atoms with Crippen molar-refractivity contribution < 1.29 is 24.2 Å². The van der Waals surface area contributed by atoms with Crippen molar-refractivity contribution in [2.45, 2.75) is 26.4 Å². The third-order valence-electron chi connectivity index (χ3n) is 3.11. The van der Waals surface area contributed by atoms with Gasteiger partial charge in [0.25, 0.3) is 0 Å².